The zero-order valence-electron chi connectivity index (χ0n) is 8.13. The van der Waals surface area contributed by atoms with E-state index >= 15 is 0 Å². The van der Waals surface area contributed by atoms with Crippen molar-refractivity contribution in [3.63, 3.8) is 0 Å². The number of anilines is 1. The minimum absolute atomic E-state index is 0.278. The Morgan fingerprint density at radius 2 is 2.21 bits per heavy atom. The SMILES string of the molecule is COCCCSc1cc(N)cc(F)c1. The summed E-state index contributed by atoms with van der Waals surface area (Å²) in [5.41, 5.74) is 5.98. The number of nitrogen functional groups attached to an aromatic ring is 1. The van der Waals surface area contributed by atoms with E-state index in [1.54, 1.807) is 24.9 Å². The van der Waals surface area contributed by atoms with Gasteiger partial charge in [0.1, 0.15) is 5.82 Å². The largest absolute Gasteiger partial charge is 0.399 e. The minimum atomic E-state index is -0.278. The summed E-state index contributed by atoms with van der Waals surface area (Å²) in [5, 5.41) is 0. The molecule has 0 heterocycles. The van der Waals surface area contributed by atoms with E-state index < -0.39 is 0 Å². The monoisotopic (exact) mass is 215 g/mol. The van der Waals surface area contributed by atoms with Crippen LogP contribution in [0.25, 0.3) is 0 Å². The highest BCUT2D eigenvalue weighted by Crippen LogP contribution is 2.22. The number of methoxy groups -OCH3 is 1. The first-order valence-electron chi connectivity index (χ1n) is 4.40. The van der Waals surface area contributed by atoms with Crippen LogP contribution in [0.4, 0.5) is 10.1 Å². The molecule has 0 aliphatic heterocycles. The summed E-state index contributed by atoms with van der Waals surface area (Å²) in [6, 6.07) is 4.59. The predicted octanol–water partition coefficient (Wildman–Crippen LogP) is 2.54. The number of hydrogen-bond donors (Lipinski definition) is 1. The van der Waals surface area contributed by atoms with Crippen LogP contribution in [0.1, 0.15) is 6.42 Å². The summed E-state index contributed by atoms with van der Waals surface area (Å²) in [6.45, 7) is 0.734. The molecule has 1 aromatic carbocycles. The average molecular weight is 215 g/mol. The van der Waals surface area contributed by atoms with Gasteiger partial charge in [-0.25, -0.2) is 4.39 Å². The molecule has 0 saturated carbocycles. The van der Waals surface area contributed by atoms with Crippen molar-refractivity contribution in [2.45, 2.75) is 11.3 Å². The zero-order valence-corrected chi connectivity index (χ0v) is 8.94. The topological polar surface area (TPSA) is 35.2 Å². The Morgan fingerprint density at radius 3 is 2.86 bits per heavy atom. The number of rotatable bonds is 5. The fourth-order valence-corrected chi connectivity index (χ4v) is 1.97. The summed E-state index contributed by atoms with van der Waals surface area (Å²) in [5.74, 6) is 0.635. The van der Waals surface area contributed by atoms with Crippen LogP contribution in [0.3, 0.4) is 0 Å². The molecule has 0 spiro atoms. The lowest BCUT2D eigenvalue weighted by atomic mass is 10.3. The van der Waals surface area contributed by atoms with Gasteiger partial charge < -0.3 is 10.5 Å². The number of hydrogen-bond acceptors (Lipinski definition) is 3. The van der Waals surface area contributed by atoms with Gasteiger partial charge in [0.05, 0.1) is 0 Å². The van der Waals surface area contributed by atoms with Crippen molar-refractivity contribution in [3.05, 3.63) is 24.0 Å². The lowest BCUT2D eigenvalue weighted by Crippen LogP contribution is -1.91. The van der Waals surface area contributed by atoms with E-state index in [-0.39, 0.29) is 5.82 Å². The maximum atomic E-state index is 12.9. The van der Waals surface area contributed by atoms with E-state index in [0.717, 1.165) is 23.7 Å². The molecule has 78 valence electrons. The quantitative estimate of drug-likeness (QED) is 0.466. The van der Waals surface area contributed by atoms with Crippen LogP contribution in [-0.4, -0.2) is 19.5 Å². The van der Waals surface area contributed by atoms with E-state index in [4.69, 9.17) is 10.5 Å². The number of ether oxygens (including phenoxy) is 1. The highest BCUT2D eigenvalue weighted by Gasteiger charge is 1.98. The van der Waals surface area contributed by atoms with Crippen molar-refractivity contribution < 1.29 is 9.13 Å². The van der Waals surface area contributed by atoms with Crippen molar-refractivity contribution >= 4 is 17.4 Å². The van der Waals surface area contributed by atoms with Crippen molar-refractivity contribution in [3.8, 4) is 0 Å². The summed E-state index contributed by atoms with van der Waals surface area (Å²) >= 11 is 1.59. The highest BCUT2D eigenvalue weighted by molar-refractivity contribution is 7.99. The lowest BCUT2D eigenvalue weighted by Gasteiger charge is -2.02. The molecule has 0 bridgehead atoms. The van der Waals surface area contributed by atoms with Gasteiger partial charge >= 0.3 is 0 Å². The summed E-state index contributed by atoms with van der Waals surface area (Å²) < 4.78 is 17.8. The molecule has 0 aromatic heterocycles. The molecular formula is C10H14FNOS. The lowest BCUT2D eigenvalue weighted by molar-refractivity contribution is 0.200. The standard InChI is InChI=1S/C10H14FNOS/c1-13-3-2-4-14-10-6-8(11)5-9(12)7-10/h5-7H,2-4,12H2,1H3. The first kappa shape index (κ1) is 11.3. The summed E-state index contributed by atoms with van der Waals surface area (Å²) in [7, 11) is 1.67. The molecule has 2 nitrogen and oxygen atoms in total. The third-order valence-corrected chi connectivity index (χ3v) is 2.72. The van der Waals surface area contributed by atoms with E-state index in [0.29, 0.717) is 5.69 Å². The molecule has 1 rings (SSSR count). The van der Waals surface area contributed by atoms with Gasteiger partial charge in [-0.05, 0) is 24.6 Å². The van der Waals surface area contributed by atoms with Crippen LogP contribution < -0.4 is 5.73 Å². The average Bonchev–Trinajstić information content (AvgIpc) is 2.11. The number of benzene rings is 1. The van der Waals surface area contributed by atoms with Crippen LogP contribution in [-0.2, 0) is 4.74 Å². The molecule has 0 amide bonds. The van der Waals surface area contributed by atoms with Crippen LogP contribution in [0.5, 0.6) is 0 Å². The van der Waals surface area contributed by atoms with Crippen molar-refractivity contribution in [1.29, 1.82) is 0 Å². The molecule has 1 aromatic rings. The highest BCUT2D eigenvalue weighted by atomic mass is 32.2. The van der Waals surface area contributed by atoms with Crippen molar-refractivity contribution in [1.82, 2.24) is 0 Å². The number of halogens is 1. The van der Waals surface area contributed by atoms with E-state index in [2.05, 4.69) is 0 Å². The molecule has 0 atom stereocenters. The van der Waals surface area contributed by atoms with Gasteiger partial charge in [-0.2, -0.15) is 0 Å². The molecule has 0 fully saturated rings. The fraction of sp³-hybridized carbons (Fsp3) is 0.400. The van der Waals surface area contributed by atoms with Gasteiger partial charge in [-0.15, -0.1) is 11.8 Å². The second kappa shape index (κ2) is 5.88. The first-order valence-corrected chi connectivity index (χ1v) is 5.39. The normalized spacial score (nSPS) is 10.4. The minimum Gasteiger partial charge on any atom is -0.399 e. The maximum Gasteiger partial charge on any atom is 0.126 e. The van der Waals surface area contributed by atoms with Crippen LogP contribution in [0.2, 0.25) is 0 Å². The molecule has 0 aliphatic rings. The molecular weight excluding hydrogens is 201 g/mol. The van der Waals surface area contributed by atoms with E-state index in [1.165, 1.54) is 12.1 Å². The van der Waals surface area contributed by atoms with E-state index in [9.17, 15) is 4.39 Å². The third-order valence-electron chi connectivity index (χ3n) is 1.66. The maximum absolute atomic E-state index is 12.9. The predicted molar refractivity (Wildman–Crippen MR) is 58.0 cm³/mol. The van der Waals surface area contributed by atoms with Crippen molar-refractivity contribution in [2.24, 2.45) is 0 Å². The molecule has 0 aliphatic carbocycles. The second-order valence-electron chi connectivity index (χ2n) is 2.92. The Labute approximate surface area is 87.6 Å². The molecule has 14 heavy (non-hydrogen) atoms. The Kier molecular flexibility index (Phi) is 4.76. The van der Waals surface area contributed by atoms with E-state index in [1.807, 2.05) is 0 Å². The van der Waals surface area contributed by atoms with Crippen LogP contribution in [0, 0.1) is 5.82 Å². The summed E-state index contributed by atoms with van der Waals surface area (Å²) in [6.07, 6.45) is 0.956. The second-order valence-corrected chi connectivity index (χ2v) is 4.08. The van der Waals surface area contributed by atoms with Gasteiger partial charge in [-0.3, -0.25) is 0 Å². The zero-order chi connectivity index (χ0) is 10.4. The fourth-order valence-electron chi connectivity index (χ4n) is 1.06. The Balaban J connectivity index is 2.42. The Bertz CT molecular complexity index is 273. The van der Waals surface area contributed by atoms with Gasteiger partial charge in [0, 0.05) is 30.1 Å². The molecule has 4 heteroatoms. The van der Waals surface area contributed by atoms with Crippen LogP contribution in [0.15, 0.2) is 23.1 Å². The Morgan fingerprint density at radius 1 is 1.43 bits per heavy atom. The smallest absolute Gasteiger partial charge is 0.126 e. The molecule has 2 N–H and O–H groups in total. The van der Waals surface area contributed by atoms with Gasteiger partial charge in [0.15, 0.2) is 0 Å². The van der Waals surface area contributed by atoms with Gasteiger partial charge in [0.2, 0.25) is 0 Å². The molecule has 0 unspecified atom stereocenters. The molecule has 0 saturated heterocycles. The number of thioether (sulfide) groups is 1. The molecule has 0 radical (unpaired) electrons. The Hall–Kier alpha value is -0.740. The first-order chi connectivity index (χ1) is 6.72. The van der Waals surface area contributed by atoms with Crippen molar-refractivity contribution in [2.75, 3.05) is 25.2 Å². The third kappa shape index (κ3) is 3.98. The van der Waals surface area contributed by atoms with Gasteiger partial charge in [-0.1, -0.05) is 0 Å². The number of nitrogens with two attached hydrogens (primary N) is 1. The van der Waals surface area contributed by atoms with Gasteiger partial charge in [0.25, 0.3) is 0 Å². The summed E-state index contributed by atoms with van der Waals surface area (Å²) in [4.78, 5) is 0.874. The van der Waals surface area contributed by atoms with Crippen LogP contribution >= 0.6 is 11.8 Å².